The highest BCUT2D eigenvalue weighted by Gasteiger charge is 2.06. The van der Waals surface area contributed by atoms with Gasteiger partial charge in [-0.25, -0.2) is 0 Å². The number of hydrogen-bond acceptors (Lipinski definition) is 5. The van der Waals surface area contributed by atoms with Crippen LogP contribution in [0.3, 0.4) is 0 Å². The number of anilines is 1. The van der Waals surface area contributed by atoms with Gasteiger partial charge in [-0.3, -0.25) is 0 Å². The molecule has 0 saturated heterocycles. The summed E-state index contributed by atoms with van der Waals surface area (Å²) in [6.45, 7) is 5.91. The number of aryl methyl sites for hydroxylation is 3. The molecule has 0 unspecified atom stereocenters. The third-order valence-corrected chi connectivity index (χ3v) is 2.87. The first-order valence-corrected chi connectivity index (χ1v) is 6.11. The lowest BCUT2D eigenvalue weighted by atomic mass is 10.1. The molecule has 5 heteroatoms. The van der Waals surface area contributed by atoms with Crippen molar-refractivity contribution < 1.29 is 4.52 Å². The minimum Gasteiger partial charge on any atom is -0.377 e. The van der Waals surface area contributed by atoms with E-state index < -0.39 is 0 Å². The maximum atomic E-state index is 4.95. The van der Waals surface area contributed by atoms with E-state index in [4.69, 9.17) is 4.52 Å². The fourth-order valence-corrected chi connectivity index (χ4v) is 1.88. The Morgan fingerprint density at radius 1 is 1.00 bits per heavy atom. The summed E-state index contributed by atoms with van der Waals surface area (Å²) in [5.41, 5.74) is 4.29. The second-order valence-electron chi connectivity index (χ2n) is 4.82. The largest absolute Gasteiger partial charge is 0.377 e. The van der Waals surface area contributed by atoms with E-state index >= 15 is 0 Å². The molecule has 0 atom stereocenters. The summed E-state index contributed by atoms with van der Waals surface area (Å²) in [4.78, 5) is 2.09. The summed E-state index contributed by atoms with van der Waals surface area (Å²) in [6.07, 6.45) is 0. The molecule has 5 nitrogen and oxygen atoms in total. The highest BCUT2D eigenvalue weighted by atomic mass is 16.5. The summed E-state index contributed by atoms with van der Waals surface area (Å²) >= 11 is 0. The summed E-state index contributed by atoms with van der Waals surface area (Å²) < 4.78 is 4.95. The zero-order valence-corrected chi connectivity index (χ0v) is 11.9. The van der Waals surface area contributed by atoms with Crippen molar-refractivity contribution in [1.82, 2.24) is 5.16 Å². The van der Waals surface area contributed by atoms with Gasteiger partial charge in [-0.2, -0.15) is 0 Å². The highest BCUT2D eigenvalue weighted by Crippen LogP contribution is 2.29. The number of nitrogens with zero attached hydrogens (tertiary/aromatic N) is 4. The third-order valence-electron chi connectivity index (χ3n) is 2.87. The van der Waals surface area contributed by atoms with Crippen LogP contribution in [0.2, 0.25) is 0 Å². The SMILES string of the molecule is Cc1cc(N=Nc2cc(C)c(N(C)C)cc2C)no1. The standard InChI is InChI=1S/C14H18N4O/c1-9-7-13(18(4)5)10(2)6-12(9)15-16-14-8-11(3)19-17-14/h6-8H,1-5H3. The first kappa shape index (κ1) is 13.3. The van der Waals surface area contributed by atoms with Crippen molar-refractivity contribution in [1.29, 1.82) is 0 Å². The lowest BCUT2D eigenvalue weighted by molar-refractivity contribution is 0.399. The molecule has 0 spiro atoms. The van der Waals surface area contributed by atoms with Gasteiger partial charge in [-0.1, -0.05) is 5.16 Å². The third kappa shape index (κ3) is 2.99. The molecular formula is C14H18N4O. The smallest absolute Gasteiger partial charge is 0.216 e. The maximum Gasteiger partial charge on any atom is 0.216 e. The van der Waals surface area contributed by atoms with Crippen molar-refractivity contribution in [2.45, 2.75) is 20.8 Å². The van der Waals surface area contributed by atoms with Gasteiger partial charge >= 0.3 is 0 Å². The van der Waals surface area contributed by atoms with Gasteiger partial charge in [0.05, 0.1) is 5.69 Å². The molecule has 100 valence electrons. The zero-order chi connectivity index (χ0) is 14.0. The molecule has 19 heavy (non-hydrogen) atoms. The number of azo groups is 1. The fraction of sp³-hybridized carbons (Fsp3) is 0.357. The Hall–Kier alpha value is -2.17. The van der Waals surface area contributed by atoms with Crippen LogP contribution in [0.25, 0.3) is 0 Å². The minimum atomic E-state index is 0.492. The van der Waals surface area contributed by atoms with Crippen LogP contribution >= 0.6 is 0 Å². The average molecular weight is 258 g/mol. The zero-order valence-electron chi connectivity index (χ0n) is 11.9. The molecule has 0 bridgehead atoms. The Bertz CT molecular complexity index is 614. The van der Waals surface area contributed by atoms with Crippen LogP contribution < -0.4 is 4.90 Å². The lowest BCUT2D eigenvalue weighted by Gasteiger charge is -2.16. The summed E-state index contributed by atoms with van der Waals surface area (Å²) in [7, 11) is 4.06. The molecule has 0 saturated carbocycles. The second kappa shape index (κ2) is 5.22. The van der Waals surface area contributed by atoms with Crippen LogP contribution in [-0.4, -0.2) is 19.3 Å². The van der Waals surface area contributed by atoms with Gasteiger partial charge < -0.3 is 9.42 Å². The van der Waals surface area contributed by atoms with E-state index in [0.29, 0.717) is 5.82 Å². The molecule has 0 radical (unpaired) electrons. The van der Waals surface area contributed by atoms with Gasteiger partial charge in [-0.05, 0) is 44.0 Å². The summed E-state index contributed by atoms with van der Waals surface area (Å²) in [5, 5.41) is 12.1. The lowest BCUT2D eigenvalue weighted by Crippen LogP contribution is -2.10. The first-order valence-electron chi connectivity index (χ1n) is 6.11. The molecule has 0 N–H and O–H groups in total. The van der Waals surface area contributed by atoms with Crippen molar-refractivity contribution in [3.05, 3.63) is 35.1 Å². The first-order chi connectivity index (χ1) is 8.97. The number of hydrogen-bond donors (Lipinski definition) is 0. The second-order valence-corrected chi connectivity index (χ2v) is 4.82. The minimum absolute atomic E-state index is 0.492. The van der Waals surface area contributed by atoms with Gasteiger partial charge in [0.25, 0.3) is 0 Å². The van der Waals surface area contributed by atoms with E-state index in [0.717, 1.165) is 17.0 Å². The molecule has 1 aromatic heterocycles. The van der Waals surface area contributed by atoms with Crippen molar-refractivity contribution >= 4 is 17.2 Å². The highest BCUT2D eigenvalue weighted by molar-refractivity contribution is 5.62. The van der Waals surface area contributed by atoms with Crippen molar-refractivity contribution in [3.8, 4) is 0 Å². The summed E-state index contributed by atoms with van der Waals surface area (Å²) in [6, 6.07) is 5.89. The quantitative estimate of drug-likeness (QED) is 0.779. The van der Waals surface area contributed by atoms with Gasteiger partial charge in [0.15, 0.2) is 0 Å². The molecule has 1 heterocycles. The monoisotopic (exact) mass is 258 g/mol. The predicted octanol–water partition coefficient (Wildman–Crippen LogP) is 4.08. The van der Waals surface area contributed by atoms with Crippen LogP contribution in [0.1, 0.15) is 16.9 Å². The Morgan fingerprint density at radius 2 is 1.74 bits per heavy atom. The van der Waals surface area contributed by atoms with Crippen LogP contribution in [0.4, 0.5) is 17.2 Å². The van der Waals surface area contributed by atoms with Crippen molar-refractivity contribution in [2.75, 3.05) is 19.0 Å². The molecule has 1 aromatic carbocycles. The van der Waals surface area contributed by atoms with E-state index in [1.807, 2.05) is 34.0 Å². The van der Waals surface area contributed by atoms with E-state index in [2.05, 4.69) is 33.3 Å². The number of benzene rings is 1. The molecule has 2 aromatic rings. The van der Waals surface area contributed by atoms with Crippen molar-refractivity contribution in [3.63, 3.8) is 0 Å². The van der Waals surface area contributed by atoms with Crippen LogP contribution in [-0.2, 0) is 0 Å². The van der Waals surface area contributed by atoms with Crippen LogP contribution in [0.15, 0.2) is 33.0 Å². The molecule has 0 aliphatic carbocycles. The van der Waals surface area contributed by atoms with Crippen LogP contribution in [0, 0.1) is 20.8 Å². The summed E-state index contributed by atoms with van der Waals surface area (Å²) in [5.74, 6) is 1.22. The molecule has 0 amide bonds. The fourth-order valence-electron chi connectivity index (χ4n) is 1.88. The predicted molar refractivity (Wildman–Crippen MR) is 75.7 cm³/mol. The van der Waals surface area contributed by atoms with Gasteiger partial charge in [0.1, 0.15) is 5.76 Å². The van der Waals surface area contributed by atoms with E-state index in [9.17, 15) is 0 Å². The Morgan fingerprint density at radius 3 is 2.32 bits per heavy atom. The average Bonchev–Trinajstić information content (AvgIpc) is 2.75. The number of rotatable bonds is 3. The molecule has 0 aliphatic rings. The van der Waals surface area contributed by atoms with E-state index in [1.165, 1.54) is 11.3 Å². The van der Waals surface area contributed by atoms with Crippen molar-refractivity contribution in [2.24, 2.45) is 10.2 Å². The molecule has 2 rings (SSSR count). The van der Waals surface area contributed by atoms with Crippen LogP contribution in [0.5, 0.6) is 0 Å². The molecule has 0 aliphatic heterocycles. The van der Waals surface area contributed by atoms with Gasteiger partial charge in [-0.15, -0.1) is 10.2 Å². The molecule has 0 fully saturated rings. The van der Waals surface area contributed by atoms with Gasteiger partial charge in [0, 0.05) is 25.8 Å². The Kier molecular flexibility index (Phi) is 3.64. The van der Waals surface area contributed by atoms with Gasteiger partial charge in [0.2, 0.25) is 5.82 Å². The number of aromatic nitrogens is 1. The maximum absolute atomic E-state index is 4.95. The Labute approximate surface area is 112 Å². The van der Waals surface area contributed by atoms with E-state index in [1.54, 1.807) is 6.07 Å². The normalized spacial score (nSPS) is 11.2. The molecular weight excluding hydrogens is 240 g/mol. The topological polar surface area (TPSA) is 54.0 Å². The Balaban J connectivity index is 2.31. The van der Waals surface area contributed by atoms with E-state index in [-0.39, 0.29) is 0 Å².